The predicted molar refractivity (Wildman–Crippen MR) is 62.0 cm³/mol. The van der Waals surface area contributed by atoms with Gasteiger partial charge in [0.15, 0.2) is 0 Å². The molecule has 0 spiro atoms. The Kier molecular flexibility index (Phi) is 5.71. The van der Waals surface area contributed by atoms with Gasteiger partial charge in [-0.1, -0.05) is 0 Å². The molecule has 0 saturated heterocycles. The maximum absolute atomic E-state index is 10.9. The largest absolute Gasteiger partial charge is 0.286 e. The highest BCUT2D eigenvalue weighted by molar-refractivity contribution is 7.87. The molecule has 12 heteroatoms. The first-order valence-corrected chi connectivity index (χ1v) is 9.23. The third-order valence-electron chi connectivity index (χ3n) is 2.22. The van der Waals surface area contributed by atoms with Crippen LogP contribution in [0.4, 0.5) is 0 Å². The van der Waals surface area contributed by atoms with Gasteiger partial charge < -0.3 is 0 Å². The van der Waals surface area contributed by atoms with Crippen LogP contribution in [0, 0.1) is 0 Å². The highest BCUT2D eigenvalue weighted by Crippen LogP contribution is 2.16. The quantitative estimate of drug-likeness (QED) is 0.507. The van der Waals surface area contributed by atoms with Gasteiger partial charge in [0, 0.05) is 0 Å². The average Bonchev–Trinajstić information content (AvgIpc) is 2.06. The molecule has 0 rings (SSSR count). The molecule has 18 heavy (non-hydrogen) atoms. The maximum Gasteiger partial charge on any atom is 0.267 e. The minimum Gasteiger partial charge on any atom is -0.286 e. The smallest absolute Gasteiger partial charge is 0.267 e. The molecule has 2 atom stereocenters. The molecule has 9 nitrogen and oxygen atoms in total. The van der Waals surface area contributed by atoms with Gasteiger partial charge in [-0.3, -0.25) is 13.7 Å². The van der Waals surface area contributed by atoms with Crippen LogP contribution in [-0.4, -0.2) is 55.2 Å². The molecule has 1 unspecified atom stereocenters. The van der Waals surface area contributed by atoms with E-state index in [4.69, 9.17) is 13.7 Å². The van der Waals surface area contributed by atoms with Crippen LogP contribution in [0.25, 0.3) is 0 Å². The SMILES string of the molecule is C[C@@H](CC(CCS(=O)(=O)O)S(=O)(=O)O)S(=O)(=O)O. The Morgan fingerprint density at radius 1 is 0.889 bits per heavy atom. The Bertz CT molecular complexity index is 570. The molecule has 0 aromatic rings. The van der Waals surface area contributed by atoms with Crippen molar-refractivity contribution in [1.29, 1.82) is 0 Å². The van der Waals surface area contributed by atoms with Gasteiger partial charge in [-0.2, -0.15) is 25.3 Å². The summed E-state index contributed by atoms with van der Waals surface area (Å²) in [5.41, 5.74) is 0. The van der Waals surface area contributed by atoms with Gasteiger partial charge in [0.25, 0.3) is 30.4 Å². The van der Waals surface area contributed by atoms with Gasteiger partial charge in [0.05, 0.1) is 16.3 Å². The summed E-state index contributed by atoms with van der Waals surface area (Å²) in [7, 11) is -13.6. The number of rotatable bonds is 7. The summed E-state index contributed by atoms with van der Waals surface area (Å²) in [6, 6.07) is 0. The molecule has 0 amide bonds. The van der Waals surface area contributed by atoms with E-state index in [1.807, 2.05) is 0 Å². The fraction of sp³-hybridized carbons (Fsp3) is 1.00. The Hall–Kier alpha value is -0.270. The van der Waals surface area contributed by atoms with E-state index in [0.29, 0.717) is 0 Å². The molecule has 0 fully saturated rings. The van der Waals surface area contributed by atoms with Crippen LogP contribution in [0.2, 0.25) is 0 Å². The molecular weight excluding hydrogens is 312 g/mol. The minimum absolute atomic E-state index is 0.683. The molecule has 0 radical (unpaired) electrons. The monoisotopic (exact) mass is 326 g/mol. The lowest BCUT2D eigenvalue weighted by Gasteiger charge is -2.16. The average molecular weight is 326 g/mol. The van der Waals surface area contributed by atoms with E-state index in [1.165, 1.54) is 0 Å². The highest BCUT2D eigenvalue weighted by atomic mass is 32.2. The standard InChI is InChI=1S/C6H14O9S3/c1-5(17(10,11)12)4-6(18(13,14)15)2-3-16(7,8)9/h5-6H,2-4H2,1H3,(H,7,8,9)(H,10,11,12)(H,13,14,15)/t5-,6?/m0/s1. The molecule has 0 aliphatic carbocycles. The van der Waals surface area contributed by atoms with Crippen molar-refractivity contribution in [3.8, 4) is 0 Å². The molecule has 0 heterocycles. The summed E-state index contributed by atoms with van der Waals surface area (Å²) in [6.45, 7) is 1.00. The topological polar surface area (TPSA) is 163 Å². The maximum atomic E-state index is 10.9. The number of hydrogen-bond donors (Lipinski definition) is 3. The van der Waals surface area contributed by atoms with Gasteiger partial charge in [0.2, 0.25) is 0 Å². The lowest BCUT2D eigenvalue weighted by Crippen LogP contribution is -2.30. The molecule has 3 N–H and O–H groups in total. The van der Waals surface area contributed by atoms with Crippen LogP contribution in [0.15, 0.2) is 0 Å². The fourth-order valence-corrected chi connectivity index (χ4v) is 3.44. The summed E-state index contributed by atoms with van der Waals surface area (Å²) in [5.74, 6) is -0.949. The highest BCUT2D eigenvalue weighted by Gasteiger charge is 2.30. The number of hydrogen-bond acceptors (Lipinski definition) is 6. The molecule has 0 aromatic carbocycles. The van der Waals surface area contributed by atoms with Crippen LogP contribution < -0.4 is 0 Å². The van der Waals surface area contributed by atoms with Gasteiger partial charge in [-0.15, -0.1) is 0 Å². The fourth-order valence-electron chi connectivity index (χ4n) is 1.16. The van der Waals surface area contributed by atoms with Crippen LogP contribution >= 0.6 is 0 Å². The summed E-state index contributed by atoms with van der Waals surface area (Å²) >= 11 is 0. The summed E-state index contributed by atoms with van der Waals surface area (Å²) in [4.78, 5) is 0. The first-order valence-electron chi connectivity index (χ1n) is 4.61. The van der Waals surface area contributed by atoms with Crippen molar-refractivity contribution in [2.24, 2.45) is 0 Å². The molecule has 0 aliphatic heterocycles. The third kappa shape index (κ3) is 7.23. The third-order valence-corrected chi connectivity index (χ3v) is 5.45. The second kappa shape index (κ2) is 5.79. The van der Waals surface area contributed by atoms with Crippen molar-refractivity contribution in [3.63, 3.8) is 0 Å². The van der Waals surface area contributed by atoms with Crippen LogP contribution in [0.5, 0.6) is 0 Å². The zero-order valence-corrected chi connectivity index (χ0v) is 11.7. The van der Waals surface area contributed by atoms with E-state index in [9.17, 15) is 25.3 Å². The van der Waals surface area contributed by atoms with Gasteiger partial charge in [0.1, 0.15) is 0 Å². The zero-order valence-electron chi connectivity index (χ0n) is 9.29. The Balaban J connectivity index is 4.95. The molecule has 0 aliphatic rings. The summed E-state index contributed by atoms with van der Waals surface area (Å²) in [6.07, 6.45) is -1.37. The van der Waals surface area contributed by atoms with E-state index >= 15 is 0 Å². The Morgan fingerprint density at radius 3 is 1.61 bits per heavy atom. The molecular formula is C6H14O9S3. The summed E-state index contributed by atoms with van der Waals surface area (Å²) in [5, 5.41) is -3.21. The van der Waals surface area contributed by atoms with Crippen molar-refractivity contribution in [2.75, 3.05) is 5.75 Å². The van der Waals surface area contributed by atoms with Gasteiger partial charge >= 0.3 is 0 Å². The molecule has 0 aromatic heterocycles. The van der Waals surface area contributed by atoms with E-state index in [1.54, 1.807) is 0 Å². The van der Waals surface area contributed by atoms with E-state index in [2.05, 4.69) is 0 Å². The molecule has 0 bridgehead atoms. The predicted octanol–water partition coefficient (Wildman–Crippen LogP) is -0.813. The van der Waals surface area contributed by atoms with Crippen molar-refractivity contribution in [2.45, 2.75) is 30.3 Å². The second-order valence-corrected chi connectivity index (χ2v) is 8.88. The van der Waals surface area contributed by atoms with Crippen molar-refractivity contribution < 1.29 is 38.9 Å². The molecule has 0 saturated carbocycles. The van der Waals surface area contributed by atoms with Gasteiger partial charge in [-0.05, 0) is 19.8 Å². The van der Waals surface area contributed by atoms with Crippen LogP contribution in [0.1, 0.15) is 19.8 Å². The lowest BCUT2D eigenvalue weighted by atomic mass is 10.2. The molecule has 110 valence electrons. The van der Waals surface area contributed by atoms with Crippen LogP contribution in [0.3, 0.4) is 0 Å². The van der Waals surface area contributed by atoms with Crippen LogP contribution in [-0.2, 0) is 30.4 Å². The van der Waals surface area contributed by atoms with Gasteiger partial charge in [-0.25, -0.2) is 0 Å². The van der Waals surface area contributed by atoms with Crippen molar-refractivity contribution >= 4 is 30.4 Å². The normalized spacial score (nSPS) is 17.3. The first kappa shape index (κ1) is 17.7. The minimum atomic E-state index is -4.69. The van der Waals surface area contributed by atoms with Crippen molar-refractivity contribution in [3.05, 3.63) is 0 Å². The zero-order chi connectivity index (χ0) is 14.8. The lowest BCUT2D eigenvalue weighted by molar-refractivity contribution is 0.443. The summed E-state index contributed by atoms with van der Waals surface area (Å²) < 4.78 is 90.1. The van der Waals surface area contributed by atoms with E-state index < -0.39 is 59.4 Å². The van der Waals surface area contributed by atoms with E-state index in [-0.39, 0.29) is 0 Å². The second-order valence-electron chi connectivity index (χ2n) is 3.77. The Labute approximate surface area is 105 Å². The van der Waals surface area contributed by atoms with Crippen molar-refractivity contribution in [1.82, 2.24) is 0 Å². The van der Waals surface area contributed by atoms with E-state index in [0.717, 1.165) is 6.92 Å². The Morgan fingerprint density at radius 2 is 1.33 bits per heavy atom. The first-order chi connectivity index (χ1) is 7.73.